The summed E-state index contributed by atoms with van der Waals surface area (Å²) in [7, 11) is -2.90. The van der Waals surface area contributed by atoms with Gasteiger partial charge in [-0.1, -0.05) is 6.92 Å². The molecule has 5 nitrogen and oxygen atoms in total. The normalized spacial score (nSPS) is 34.4. The topological polar surface area (TPSA) is 80.5 Å². The van der Waals surface area contributed by atoms with Crippen molar-refractivity contribution in [2.45, 2.75) is 38.6 Å². The number of carbonyl (C=O) groups excluding carboxylic acids is 1. The zero-order valence-corrected chi connectivity index (χ0v) is 12.4. The van der Waals surface area contributed by atoms with E-state index >= 15 is 0 Å². The Morgan fingerprint density at radius 2 is 2.11 bits per heavy atom. The molecule has 3 unspecified atom stereocenters. The van der Waals surface area contributed by atoms with Crippen molar-refractivity contribution in [1.29, 1.82) is 0 Å². The average molecular weight is 288 g/mol. The Balaban J connectivity index is 1.95. The summed E-state index contributed by atoms with van der Waals surface area (Å²) in [5.74, 6) is 0.948. The van der Waals surface area contributed by atoms with E-state index in [0.717, 1.165) is 19.4 Å². The monoisotopic (exact) mass is 288 g/mol. The van der Waals surface area contributed by atoms with Crippen molar-refractivity contribution < 1.29 is 13.2 Å². The van der Waals surface area contributed by atoms with Gasteiger partial charge in [-0.3, -0.25) is 4.79 Å². The largest absolute Gasteiger partial charge is 0.338 e. The maximum atomic E-state index is 12.4. The molecule has 0 bridgehead atoms. The van der Waals surface area contributed by atoms with Gasteiger partial charge in [0.15, 0.2) is 9.84 Å². The van der Waals surface area contributed by atoms with Crippen LogP contribution in [0.2, 0.25) is 0 Å². The quantitative estimate of drug-likeness (QED) is 0.815. The van der Waals surface area contributed by atoms with Gasteiger partial charge in [0.25, 0.3) is 0 Å². The number of rotatable bonds is 3. The molecule has 19 heavy (non-hydrogen) atoms. The fourth-order valence-corrected chi connectivity index (χ4v) is 5.18. The van der Waals surface area contributed by atoms with Crippen LogP contribution in [0, 0.1) is 11.8 Å². The Morgan fingerprint density at radius 1 is 1.37 bits per heavy atom. The Bertz CT molecular complexity index is 435. The zero-order valence-electron chi connectivity index (χ0n) is 11.5. The lowest BCUT2D eigenvalue weighted by molar-refractivity contribution is -0.136. The molecule has 1 amide bonds. The number of nitrogens with two attached hydrogens (primary N) is 1. The van der Waals surface area contributed by atoms with E-state index in [1.165, 1.54) is 0 Å². The Labute approximate surface area is 115 Å². The summed E-state index contributed by atoms with van der Waals surface area (Å²) in [5.41, 5.74) is 5.78. The second-order valence-corrected chi connectivity index (χ2v) is 8.21. The highest BCUT2D eigenvalue weighted by Crippen LogP contribution is 2.27. The first-order chi connectivity index (χ1) is 8.93. The second-order valence-electron chi connectivity index (χ2n) is 5.98. The molecule has 0 aromatic heterocycles. The smallest absolute Gasteiger partial charge is 0.223 e. The molecule has 2 saturated heterocycles. The van der Waals surface area contributed by atoms with Crippen molar-refractivity contribution in [3.05, 3.63) is 0 Å². The molecule has 2 heterocycles. The maximum absolute atomic E-state index is 12.4. The highest BCUT2D eigenvalue weighted by atomic mass is 32.2. The summed E-state index contributed by atoms with van der Waals surface area (Å²) >= 11 is 0. The lowest BCUT2D eigenvalue weighted by Gasteiger charge is -2.40. The van der Waals surface area contributed by atoms with Gasteiger partial charge in [0.05, 0.1) is 11.5 Å². The molecule has 0 radical (unpaired) electrons. The summed E-state index contributed by atoms with van der Waals surface area (Å²) in [6.07, 6.45) is 3.13. The minimum atomic E-state index is -2.90. The van der Waals surface area contributed by atoms with Gasteiger partial charge in [-0.05, 0) is 31.1 Å². The number of piperidine rings is 1. The van der Waals surface area contributed by atoms with Crippen LogP contribution in [0.3, 0.4) is 0 Å². The molecule has 2 aliphatic heterocycles. The minimum Gasteiger partial charge on any atom is -0.338 e. The lowest BCUT2D eigenvalue weighted by Crippen LogP contribution is -2.51. The first-order valence-corrected chi connectivity index (χ1v) is 8.95. The molecule has 3 atom stereocenters. The van der Waals surface area contributed by atoms with Crippen LogP contribution >= 0.6 is 0 Å². The third kappa shape index (κ3) is 3.48. The van der Waals surface area contributed by atoms with E-state index in [4.69, 9.17) is 5.73 Å². The number of carbonyl (C=O) groups is 1. The van der Waals surface area contributed by atoms with Crippen LogP contribution in [0.5, 0.6) is 0 Å². The number of sulfone groups is 1. The second kappa shape index (κ2) is 5.79. The molecular formula is C13H24N2O3S. The molecule has 2 N–H and O–H groups in total. The van der Waals surface area contributed by atoms with Gasteiger partial charge in [0.2, 0.25) is 5.91 Å². The molecule has 0 saturated carbocycles. The number of hydrogen-bond donors (Lipinski definition) is 1. The summed E-state index contributed by atoms with van der Waals surface area (Å²) in [6, 6.07) is 0.124. The molecule has 0 aromatic rings. The summed E-state index contributed by atoms with van der Waals surface area (Å²) < 4.78 is 22.9. The first kappa shape index (κ1) is 14.8. The van der Waals surface area contributed by atoms with Crippen LogP contribution in [-0.4, -0.2) is 49.9 Å². The van der Waals surface area contributed by atoms with Crippen LogP contribution in [-0.2, 0) is 14.6 Å². The molecule has 110 valence electrons. The summed E-state index contributed by atoms with van der Waals surface area (Å²) in [5, 5.41) is 0. The van der Waals surface area contributed by atoms with Gasteiger partial charge in [-0.15, -0.1) is 0 Å². The molecule has 2 aliphatic rings. The SMILES string of the molecule is CC1CCCN(C(=O)CC2CCS(=O)(=O)C2)C1CN. The number of nitrogens with zero attached hydrogens (tertiary/aromatic N) is 1. The van der Waals surface area contributed by atoms with E-state index in [1.807, 2.05) is 4.90 Å². The maximum Gasteiger partial charge on any atom is 0.223 e. The Hall–Kier alpha value is -0.620. The van der Waals surface area contributed by atoms with E-state index in [1.54, 1.807) is 0 Å². The van der Waals surface area contributed by atoms with Gasteiger partial charge in [-0.25, -0.2) is 8.42 Å². The van der Waals surface area contributed by atoms with Gasteiger partial charge < -0.3 is 10.6 Å². The van der Waals surface area contributed by atoms with Crippen molar-refractivity contribution in [2.75, 3.05) is 24.6 Å². The molecule has 2 rings (SSSR count). The highest BCUT2D eigenvalue weighted by molar-refractivity contribution is 7.91. The van der Waals surface area contributed by atoms with Gasteiger partial charge in [-0.2, -0.15) is 0 Å². The van der Waals surface area contributed by atoms with Crippen molar-refractivity contribution in [1.82, 2.24) is 4.90 Å². The fourth-order valence-electron chi connectivity index (χ4n) is 3.32. The van der Waals surface area contributed by atoms with Crippen molar-refractivity contribution in [3.63, 3.8) is 0 Å². The predicted molar refractivity (Wildman–Crippen MR) is 74.3 cm³/mol. The predicted octanol–water partition coefficient (Wildman–Crippen LogP) is 0.397. The average Bonchev–Trinajstić information content (AvgIpc) is 2.68. The van der Waals surface area contributed by atoms with Crippen molar-refractivity contribution in [2.24, 2.45) is 17.6 Å². The molecular weight excluding hydrogens is 264 g/mol. The fraction of sp³-hybridized carbons (Fsp3) is 0.923. The van der Waals surface area contributed by atoms with Crippen molar-refractivity contribution in [3.8, 4) is 0 Å². The number of amides is 1. The standard InChI is InChI=1S/C13H24N2O3S/c1-10-3-2-5-15(12(10)8-14)13(16)7-11-4-6-19(17,18)9-11/h10-12H,2-9,14H2,1H3. The lowest BCUT2D eigenvalue weighted by atomic mass is 9.90. The van der Waals surface area contributed by atoms with Gasteiger partial charge in [0.1, 0.15) is 0 Å². The van der Waals surface area contributed by atoms with E-state index in [0.29, 0.717) is 25.3 Å². The highest BCUT2D eigenvalue weighted by Gasteiger charge is 2.34. The Morgan fingerprint density at radius 3 is 2.68 bits per heavy atom. The van der Waals surface area contributed by atoms with Crippen LogP contribution in [0.4, 0.5) is 0 Å². The van der Waals surface area contributed by atoms with E-state index in [-0.39, 0.29) is 29.4 Å². The molecule has 0 spiro atoms. The third-order valence-electron chi connectivity index (χ3n) is 4.47. The van der Waals surface area contributed by atoms with Crippen molar-refractivity contribution >= 4 is 15.7 Å². The van der Waals surface area contributed by atoms with Crippen LogP contribution in [0.25, 0.3) is 0 Å². The molecule has 2 fully saturated rings. The first-order valence-electron chi connectivity index (χ1n) is 7.13. The van der Waals surface area contributed by atoms with E-state index in [2.05, 4.69) is 6.92 Å². The zero-order chi connectivity index (χ0) is 14.0. The summed E-state index contributed by atoms with van der Waals surface area (Å²) in [4.78, 5) is 14.2. The summed E-state index contributed by atoms with van der Waals surface area (Å²) in [6.45, 7) is 3.40. The van der Waals surface area contributed by atoms with Crippen LogP contribution < -0.4 is 5.73 Å². The third-order valence-corrected chi connectivity index (χ3v) is 6.30. The molecule has 0 aliphatic carbocycles. The Kier molecular flexibility index (Phi) is 4.50. The van der Waals surface area contributed by atoms with Crippen LogP contribution in [0.1, 0.15) is 32.6 Å². The minimum absolute atomic E-state index is 0.00755. The van der Waals surface area contributed by atoms with Crippen LogP contribution in [0.15, 0.2) is 0 Å². The molecule has 0 aromatic carbocycles. The number of hydrogen-bond acceptors (Lipinski definition) is 4. The van der Waals surface area contributed by atoms with E-state index < -0.39 is 9.84 Å². The number of likely N-dealkylation sites (tertiary alicyclic amines) is 1. The molecule has 6 heteroatoms. The van der Waals surface area contributed by atoms with E-state index in [9.17, 15) is 13.2 Å². The van der Waals surface area contributed by atoms with Gasteiger partial charge in [0, 0.05) is 25.6 Å². The van der Waals surface area contributed by atoms with Gasteiger partial charge >= 0.3 is 0 Å².